The molecule has 0 saturated heterocycles. The lowest BCUT2D eigenvalue weighted by molar-refractivity contribution is 1.47. The van der Waals surface area contributed by atoms with Gasteiger partial charge in [0.15, 0.2) is 0 Å². The molecule has 664 valence electrons. The maximum atomic E-state index is 8.94. The molecule has 0 unspecified atom stereocenters. The summed E-state index contributed by atoms with van der Waals surface area (Å²) in [4.78, 5) is 0. The van der Waals surface area contributed by atoms with Crippen molar-refractivity contribution < 1.29 is 13.7 Å². The third-order valence-corrected chi connectivity index (χ3v) is 29.5. The number of fused-ring (bicyclic) bond motifs is 13. The highest BCUT2D eigenvalue weighted by Gasteiger charge is 2.26. The molecule has 0 N–H and O–H groups in total. The van der Waals surface area contributed by atoms with E-state index in [-0.39, 0.29) is 59.5 Å². The third kappa shape index (κ3) is 14.5. The maximum Gasteiger partial charge on any atom is 0.0629 e. The molecule has 0 radical (unpaired) electrons. The number of rotatable bonds is 11. The summed E-state index contributed by atoms with van der Waals surface area (Å²) < 4.78 is 85.7. The molecule has 0 aliphatic heterocycles. The minimum atomic E-state index is -0.397. The van der Waals surface area contributed by atoms with Crippen LogP contribution in [0, 0.1) is 6.92 Å². The lowest BCUT2D eigenvalue weighted by Gasteiger charge is -2.21. The van der Waals surface area contributed by atoms with Crippen molar-refractivity contribution in [2.24, 2.45) is 0 Å². The average molecular weight is 1820 g/mol. The first kappa shape index (κ1) is 73.7. The van der Waals surface area contributed by atoms with Gasteiger partial charge in [-0.25, -0.2) is 0 Å². The maximum absolute atomic E-state index is 8.94. The summed E-state index contributed by atoms with van der Waals surface area (Å²) in [5.74, 6) is 0. The van der Waals surface area contributed by atoms with E-state index in [1.807, 2.05) is 72.8 Å². The molecule has 29 aromatic rings. The Morgan fingerprint density at radius 2 is 0.392 bits per heavy atom. The number of hydrogen-bond donors (Lipinski definition) is 0. The monoisotopic (exact) mass is 1820 g/mol. The highest BCUT2D eigenvalue weighted by Crippen LogP contribution is 2.54. The van der Waals surface area contributed by atoms with Crippen LogP contribution in [0.25, 0.3) is 284 Å². The summed E-state index contributed by atoms with van der Waals surface area (Å²) in [6, 6.07) is 169. The van der Waals surface area contributed by atoms with Gasteiger partial charge in [0.2, 0.25) is 0 Å². The summed E-state index contributed by atoms with van der Waals surface area (Å²) in [5, 5.41) is 34.6. The molecular formula is C143H92. The Labute approximate surface area is 844 Å². The highest BCUT2D eigenvalue weighted by molar-refractivity contribution is 6.32. The Morgan fingerprint density at radius 1 is 0.126 bits per heavy atom. The first-order valence-electron chi connectivity index (χ1n) is 53.9. The Hall–Kier alpha value is -18.5. The molecule has 0 nitrogen and oxygen atoms in total. The summed E-state index contributed by atoms with van der Waals surface area (Å²) in [7, 11) is 0. The molecule has 0 fully saturated rings. The lowest BCUT2D eigenvalue weighted by Crippen LogP contribution is -1.93. The van der Waals surface area contributed by atoms with Gasteiger partial charge in [-0.2, -0.15) is 0 Å². The van der Waals surface area contributed by atoms with Gasteiger partial charge in [-0.1, -0.05) is 503 Å². The molecule has 29 aromatic carbocycles. The molecule has 0 spiro atoms. The van der Waals surface area contributed by atoms with E-state index in [0.29, 0.717) is 11.1 Å². The van der Waals surface area contributed by atoms with Crippen molar-refractivity contribution in [3.05, 3.63) is 545 Å². The zero-order chi connectivity index (χ0) is 103. The van der Waals surface area contributed by atoms with Gasteiger partial charge in [-0.3, -0.25) is 0 Å². The molecular weight excluding hydrogens is 1720 g/mol. The van der Waals surface area contributed by atoms with Crippen molar-refractivity contribution >= 4 is 162 Å². The zero-order valence-corrected chi connectivity index (χ0v) is 78.1. The fourth-order valence-corrected chi connectivity index (χ4v) is 23.0. The van der Waals surface area contributed by atoms with E-state index in [1.54, 1.807) is 0 Å². The molecule has 0 heteroatoms. The topological polar surface area (TPSA) is 0 Å². The molecule has 0 aliphatic rings. The van der Waals surface area contributed by atoms with E-state index < -0.39 is 12.1 Å². The van der Waals surface area contributed by atoms with Gasteiger partial charge in [-0.05, 0) is 333 Å². The molecule has 0 atom stereocenters. The second kappa shape index (κ2) is 35.2. The van der Waals surface area contributed by atoms with Crippen LogP contribution in [-0.4, -0.2) is 0 Å². The van der Waals surface area contributed by atoms with E-state index in [9.17, 15) is 0 Å². The second-order valence-electron chi connectivity index (χ2n) is 37.5. The fraction of sp³-hybridized carbons (Fsp3) is 0.00699. The summed E-state index contributed by atoms with van der Waals surface area (Å²) >= 11 is 0. The molecule has 0 aromatic heterocycles. The normalized spacial score (nSPS) is 12.7. The largest absolute Gasteiger partial charge is 0.0629 e. The van der Waals surface area contributed by atoms with E-state index >= 15 is 0 Å². The van der Waals surface area contributed by atoms with Crippen LogP contribution in [0.4, 0.5) is 0 Å². The molecule has 0 aliphatic carbocycles. The SMILES string of the molecule is [2H]c1c([2H])c([2H])c(-c2c3ccccc3c(-c3cc(-c4ccc(-c5cc6ccccc6c6ccccc56)cc4)cc4ccccc34)c3ccccc23)c([2H])c1[2H].[2H]c1c([2H])c([2H])c(-c2c3ccccc3c(-c3cc(-c4ccc(C)cc4)cc4ccccc34)c3ccccc23)c([2H])c1[2H].c1ccc2c(-c3ccc(-c4cc(-c5c6ccccc6c(-c6ccc7ccc8cccc9ccc6c7c89)c6ccccc56)c5ccccc5c4)cc3)cccc2c1. The van der Waals surface area contributed by atoms with Gasteiger partial charge < -0.3 is 0 Å². The molecule has 0 bridgehead atoms. The van der Waals surface area contributed by atoms with Crippen LogP contribution in [-0.2, 0) is 0 Å². The van der Waals surface area contributed by atoms with Gasteiger partial charge in [-0.15, -0.1) is 0 Å². The standard InChI is InChI=1S/C56H34.C50H32.C37H26/c1-3-16-43-36(11-1)13-10-22-44(43)37-25-23-35(24-26-37)42-33-41-12-2-4-17-45(41)52(34-42)56-48-20-7-5-18-46(48)55(47-19-6-8-21-49(47)56)51-32-30-40-28-27-38-14-9-15-39-29-31-50(51)54(40)53(38)39;1-2-14-35(15-3-1)49-43-22-10-12-24-45(43)50(46-25-13-11-23-44(46)49)48-32-38(30-36-16-4-7-19-40(36)48)33-26-28-34(29-27-33)47-31-37-17-5-6-18-39(37)41-20-8-9-21-42(41)47;1-25-19-21-26(22-20-25)29-23-28-13-5-6-14-30(28)35(24-29)37-33-17-9-7-15-31(33)36(27-11-3-2-4-12-27)32-16-8-10-18-34(32)37/h1-34H;1-32H;2-24H,1H3/i;1D,2D,3D,14D,15D;2D,3D,4D,11D,12D. The molecule has 0 amide bonds. The van der Waals surface area contributed by atoms with Crippen molar-refractivity contribution in [1.29, 1.82) is 0 Å². The van der Waals surface area contributed by atoms with Crippen LogP contribution in [0.5, 0.6) is 0 Å². The third-order valence-electron chi connectivity index (χ3n) is 29.5. The first-order valence-corrected chi connectivity index (χ1v) is 48.9. The van der Waals surface area contributed by atoms with Crippen molar-refractivity contribution in [3.8, 4) is 122 Å². The van der Waals surface area contributed by atoms with Crippen molar-refractivity contribution in [1.82, 2.24) is 0 Å². The molecule has 0 heterocycles. The van der Waals surface area contributed by atoms with Gasteiger partial charge in [0.1, 0.15) is 0 Å². The Morgan fingerprint density at radius 3 is 0.790 bits per heavy atom. The number of hydrogen-bond acceptors (Lipinski definition) is 0. The van der Waals surface area contributed by atoms with Crippen LogP contribution >= 0.6 is 0 Å². The Balaban J connectivity index is 0.000000114. The van der Waals surface area contributed by atoms with Gasteiger partial charge in [0, 0.05) is 0 Å². The Kier molecular flexibility index (Phi) is 18.2. The quantitative estimate of drug-likeness (QED) is 0.0894. The van der Waals surface area contributed by atoms with Crippen LogP contribution in [0.15, 0.2) is 540 Å². The highest BCUT2D eigenvalue weighted by atomic mass is 14.3. The number of benzene rings is 29. The Bertz CT molecular complexity index is 10600. The molecule has 29 rings (SSSR count). The summed E-state index contributed by atoms with van der Waals surface area (Å²) in [6.07, 6.45) is 0. The average Bonchev–Trinajstić information content (AvgIpc) is 0.716. The van der Waals surface area contributed by atoms with Crippen molar-refractivity contribution in [2.45, 2.75) is 6.92 Å². The second-order valence-corrected chi connectivity index (χ2v) is 37.5. The smallest absolute Gasteiger partial charge is 0.0622 e. The van der Waals surface area contributed by atoms with Crippen molar-refractivity contribution in [2.75, 3.05) is 0 Å². The van der Waals surface area contributed by atoms with Crippen LogP contribution in [0.3, 0.4) is 0 Å². The minimum absolute atomic E-state index is 0.198. The van der Waals surface area contributed by atoms with E-state index in [4.69, 9.17) is 13.7 Å². The lowest BCUT2D eigenvalue weighted by atomic mass is 9.82. The van der Waals surface area contributed by atoms with Crippen molar-refractivity contribution in [3.63, 3.8) is 0 Å². The minimum Gasteiger partial charge on any atom is -0.0622 e. The molecule has 0 saturated carbocycles. The van der Waals surface area contributed by atoms with E-state index in [2.05, 4.69) is 413 Å². The van der Waals surface area contributed by atoms with E-state index in [0.717, 1.165) is 115 Å². The van der Waals surface area contributed by atoms with Gasteiger partial charge in [0.25, 0.3) is 0 Å². The van der Waals surface area contributed by atoms with Gasteiger partial charge in [0.05, 0.1) is 13.7 Å². The van der Waals surface area contributed by atoms with Crippen LogP contribution < -0.4 is 0 Å². The van der Waals surface area contributed by atoms with Gasteiger partial charge >= 0.3 is 0 Å². The van der Waals surface area contributed by atoms with Crippen LogP contribution in [0.2, 0.25) is 0 Å². The molecule has 143 heavy (non-hydrogen) atoms. The van der Waals surface area contributed by atoms with E-state index in [1.165, 1.54) is 153 Å². The van der Waals surface area contributed by atoms with Crippen LogP contribution in [0.1, 0.15) is 19.3 Å². The zero-order valence-electron chi connectivity index (χ0n) is 88.1. The number of aryl methyl sites for hydroxylation is 1. The predicted molar refractivity (Wildman–Crippen MR) is 618 cm³/mol. The predicted octanol–water partition coefficient (Wildman–Crippen LogP) is 40.4. The fourth-order valence-electron chi connectivity index (χ4n) is 23.0. The summed E-state index contributed by atoms with van der Waals surface area (Å²) in [6.45, 7) is 2.09. The summed E-state index contributed by atoms with van der Waals surface area (Å²) in [5.41, 5.74) is 24.0. The first-order chi connectivity index (χ1) is 75.0.